The lowest BCUT2D eigenvalue weighted by molar-refractivity contribution is -0.136. The lowest BCUT2D eigenvalue weighted by Crippen LogP contribution is -2.03. The van der Waals surface area contributed by atoms with E-state index < -0.39 is 17.8 Å². The van der Waals surface area contributed by atoms with E-state index in [1.165, 1.54) is 17.8 Å². The molecular formula is C17H15FO4S. The molecule has 0 saturated carbocycles. The fourth-order valence-corrected chi connectivity index (χ4v) is 2.73. The summed E-state index contributed by atoms with van der Waals surface area (Å²) in [7, 11) is 0. The maximum atomic E-state index is 14.0. The van der Waals surface area contributed by atoms with Gasteiger partial charge in [0.15, 0.2) is 0 Å². The Hall–Kier alpha value is -2.34. The summed E-state index contributed by atoms with van der Waals surface area (Å²) in [5.74, 6) is -1.86. The first kappa shape index (κ1) is 17.0. The number of aliphatic carboxylic acids is 1. The standard InChI is InChI=1S/C17H15FO4S/c1-2-22-17(21)12-4-6-13(7-5-12)23-15-8-3-11(9-14(15)18)10-16(19)20/h3-9H,2,10H2,1H3,(H,19,20). The van der Waals surface area contributed by atoms with Gasteiger partial charge in [-0.3, -0.25) is 4.79 Å². The quantitative estimate of drug-likeness (QED) is 0.815. The predicted octanol–water partition coefficient (Wildman–Crippen LogP) is 3.78. The first-order valence-electron chi connectivity index (χ1n) is 6.95. The maximum Gasteiger partial charge on any atom is 0.338 e. The van der Waals surface area contributed by atoms with Crippen LogP contribution < -0.4 is 0 Å². The van der Waals surface area contributed by atoms with E-state index in [2.05, 4.69) is 0 Å². The maximum absolute atomic E-state index is 14.0. The number of carbonyl (C=O) groups is 2. The Balaban J connectivity index is 2.10. The third-order valence-corrected chi connectivity index (χ3v) is 4.00. The summed E-state index contributed by atoms with van der Waals surface area (Å²) in [6.45, 7) is 2.04. The highest BCUT2D eigenvalue weighted by Crippen LogP contribution is 2.30. The van der Waals surface area contributed by atoms with E-state index in [1.54, 1.807) is 43.3 Å². The Morgan fingerprint density at radius 3 is 2.43 bits per heavy atom. The van der Waals surface area contributed by atoms with Crippen molar-refractivity contribution in [2.75, 3.05) is 6.61 Å². The number of halogens is 1. The molecule has 2 aromatic carbocycles. The molecule has 6 heteroatoms. The van der Waals surface area contributed by atoms with Gasteiger partial charge in [0.1, 0.15) is 5.82 Å². The van der Waals surface area contributed by atoms with E-state index in [1.807, 2.05) is 0 Å². The second-order valence-electron chi connectivity index (χ2n) is 4.68. The zero-order valence-corrected chi connectivity index (χ0v) is 13.2. The Kier molecular flexibility index (Phi) is 5.76. The molecule has 0 aromatic heterocycles. The molecule has 0 amide bonds. The van der Waals surface area contributed by atoms with Crippen molar-refractivity contribution in [2.45, 2.75) is 23.1 Å². The normalized spacial score (nSPS) is 10.3. The summed E-state index contributed by atoms with van der Waals surface area (Å²) in [5.41, 5.74) is 0.852. The highest BCUT2D eigenvalue weighted by molar-refractivity contribution is 7.99. The van der Waals surface area contributed by atoms with Gasteiger partial charge in [-0.05, 0) is 48.9 Å². The first-order chi connectivity index (χ1) is 11.0. The minimum Gasteiger partial charge on any atom is -0.481 e. The summed E-state index contributed by atoms with van der Waals surface area (Å²) < 4.78 is 18.9. The van der Waals surface area contributed by atoms with Gasteiger partial charge in [-0.1, -0.05) is 17.8 Å². The van der Waals surface area contributed by atoms with Gasteiger partial charge in [0, 0.05) is 9.79 Å². The first-order valence-corrected chi connectivity index (χ1v) is 7.76. The molecule has 0 aliphatic carbocycles. The van der Waals surface area contributed by atoms with Crippen LogP contribution in [0.25, 0.3) is 0 Å². The Labute approximate surface area is 137 Å². The molecule has 2 aromatic rings. The highest BCUT2D eigenvalue weighted by Gasteiger charge is 2.09. The summed E-state index contributed by atoms with van der Waals surface area (Å²) in [6, 6.07) is 11.0. The molecule has 0 atom stereocenters. The van der Waals surface area contributed by atoms with Crippen molar-refractivity contribution >= 4 is 23.7 Å². The van der Waals surface area contributed by atoms with Crippen LogP contribution in [0.15, 0.2) is 52.3 Å². The van der Waals surface area contributed by atoms with Crippen LogP contribution in [0.2, 0.25) is 0 Å². The molecule has 0 aliphatic heterocycles. The van der Waals surface area contributed by atoms with Crippen molar-refractivity contribution < 1.29 is 23.8 Å². The number of carboxylic acid groups (broad SMARTS) is 1. The average molecular weight is 334 g/mol. The van der Waals surface area contributed by atoms with Gasteiger partial charge in [0.25, 0.3) is 0 Å². The Bertz CT molecular complexity index is 713. The van der Waals surface area contributed by atoms with E-state index in [0.29, 0.717) is 22.6 Å². The van der Waals surface area contributed by atoms with E-state index in [9.17, 15) is 14.0 Å². The molecule has 23 heavy (non-hydrogen) atoms. The number of hydrogen-bond acceptors (Lipinski definition) is 4. The number of carboxylic acids is 1. The van der Waals surface area contributed by atoms with Gasteiger partial charge in [-0.25, -0.2) is 9.18 Å². The molecule has 0 bridgehead atoms. The van der Waals surface area contributed by atoms with Crippen LogP contribution in [-0.4, -0.2) is 23.7 Å². The van der Waals surface area contributed by atoms with Crippen LogP contribution in [-0.2, 0) is 16.0 Å². The molecule has 120 valence electrons. The fourth-order valence-electron chi connectivity index (χ4n) is 1.91. The number of rotatable bonds is 6. The van der Waals surface area contributed by atoms with Crippen LogP contribution in [0.4, 0.5) is 4.39 Å². The lowest BCUT2D eigenvalue weighted by atomic mass is 10.1. The monoisotopic (exact) mass is 334 g/mol. The van der Waals surface area contributed by atoms with E-state index in [0.717, 1.165) is 4.90 Å². The van der Waals surface area contributed by atoms with Crippen molar-refractivity contribution in [3.8, 4) is 0 Å². The third kappa shape index (κ3) is 4.82. The molecule has 4 nitrogen and oxygen atoms in total. The second-order valence-corrected chi connectivity index (χ2v) is 5.80. The van der Waals surface area contributed by atoms with Crippen LogP contribution >= 0.6 is 11.8 Å². The fraction of sp³-hybridized carbons (Fsp3) is 0.176. The molecule has 0 saturated heterocycles. The average Bonchev–Trinajstić information content (AvgIpc) is 2.50. The molecule has 0 unspecified atom stereocenters. The molecular weight excluding hydrogens is 319 g/mol. The zero-order valence-electron chi connectivity index (χ0n) is 12.4. The second kappa shape index (κ2) is 7.78. The van der Waals surface area contributed by atoms with E-state index >= 15 is 0 Å². The molecule has 2 rings (SSSR count). The number of carbonyl (C=O) groups excluding carboxylic acids is 1. The highest BCUT2D eigenvalue weighted by atomic mass is 32.2. The van der Waals surface area contributed by atoms with Crippen molar-refractivity contribution in [3.63, 3.8) is 0 Å². The Morgan fingerprint density at radius 2 is 1.87 bits per heavy atom. The van der Waals surface area contributed by atoms with E-state index in [4.69, 9.17) is 9.84 Å². The van der Waals surface area contributed by atoms with E-state index in [-0.39, 0.29) is 6.42 Å². The number of benzene rings is 2. The number of ether oxygens (including phenoxy) is 1. The van der Waals surface area contributed by atoms with Crippen LogP contribution in [0.1, 0.15) is 22.8 Å². The molecule has 0 spiro atoms. The number of hydrogen-bond donors (Lipinski definition) is 1. The third-order valence-electron chi connectivity index (χ3n) is 2.94. The molecule has 0 aliphatic rings. The summed E-state index contributed by atoms with van der Waals surface area (Å²) in [5, 5.41) is 8.71. The summed E-state index contributed by atoms with van der Waals surface area (Å²) in [6.07, 6.45) is -0.212. The van der Waals surface area contributed by atoms with Gasteiger partial charge >= 0.3 is 11.9 Å². The zero-order chi connectivity index (χ0) is 16.8. The van der Waals surface area contributed by atoms with Crippen molar-refractivity contribution in [1.29, 1.82) is 0 Å². The minimum atomic E-state index is -1.00. The van der Waals surface area contributed by atoms with Crippen LogP contribution in [0.3, 0.4) is 0 Å². The van der Waals surface area contributed by atoms with Gasteiger partial charge in [0.2, 0.25) is 0 Å². The van der Waals surface area contributed by atoms with Crippen LogP contribution in [0, 0.1) is 5.82 Å². The van der Waals surface area contributed by atoms with Crippen molar-refractivity contribution in [1.82, 2.24) is 0 Å². The van der Waals surface area contributed by atoms with Crippen LogP contribution in [0.5, 0.6) is 0 Å². The Morgan fingerprint density at radius 1 is 1.17 bits per heavy atom. The van der Waals surface area contributed by atoms with Crippen molar-refractivity contribution in [3.05, 3.63) is 59.4 Å². The van der Waals surface area contributed by atoms with Gasteiger partial charge < -0.3 is 9.84 Å². The van der Waals surface area contributed by atoms with Gasteiger partial charge in [-0.2, -0.15) is 0 Å². The van der Waals surface area contributed by atoms with Gasteiger partial charge in [-0.15, -0.1) is 0 Å². The van der Waals surface area contributed by atoms with Gasteiger partial charge in [0.05, 0.1) is 18.6 Å². The smallest absolute Gasteiger partial charge is 0.338 e. The predicted molar refractivity (Wildman–Crippen MR) is 84.3 cm³/mol. The summed E-state index contributed by atoms with van der Waals surface area (Å²) >= 11 is 1.20. The number of esters is 1. The molecule has 0 radical (unpaired) electrons. The SMILES string of the molecule is CCOC(=O)c1ccc(Sc2ccc(CC(=O)O)cc2F)cc1. The molecule has 0 fully saturated rings. The topological polar surface area (TPSA) is 63.6 Å². The molecule has 0 heterocycles. The minimum absolute atomic E-state index is 0.212. The summed E-state index contributed by atoms with van der Waals surface area (Å²) in [4.78, 5) is 23.3. The molecule has 1 N–H and O–H groups in total. The largest absolute Gasteiger partial charge is 0.481 e. The lowest BCUT2D eigenvalue weighted by Gasteiger charge is -2.06. The van der Waals surface area contributed by atoms with Crippen molar-refractivity contribution in [2.24, 2.45) is 0 Å².